The maximum atomic E-state index is 11.4. The fraction of sp³-hybridized carbons (Fsp3) is 0.789. The Labute approximate surface area is 290 Å². The monoisotopic (exact) mass is 677 g/mol. The molecule has 5 rings (SSSR count). The molecule has 1 unspecified atom stereocenters. The number of benzene rings is 1. The standard InChI is InChI=1S/C12H17NO.C10H19NO2.C8H15NO2.C8H17NO/c1-11(2)9-7-5-6-8-10(9)12(3,4)13(11)14;1-7(12)8-6-9(2,3)11(13)10(8,4)5;1-7(2)5-6(10)8(3,4)9(7)11;1-7(2)5-6-8(3,4)9(7)10/h5-8,14H,1-4H3;8,13H,6H2,1-5H3;11H,5H2,1-4H3;10H,5-6H2,1-4H3. The molecule has 0 radical (unpaired) electrons. The maximum Gasteiger partial charge on any atom is 0.156 e. The van der Waals surface area contributed by atoms with Gasteiger partial charge in [-0.05, 0) is 148 Å². The van der Waals surface area contributed by atoms with Gasteiger partial charge in [0.25, 0.3) is 0 Å². The molecule has 0 amide bonds. The number of nitrogens with zero attached hydrogens (tertiary/aromatic N) is 4. The van der Waals surface area contributed by atoms with E-state index in [1.165, 1.54) is 26.3 Å². The van der Waals surface area contributed by atoms with Crippen molar-refractivity contribution in [2.75, 3.05) is 0 Å². The van der Waals surface area contributed by atoms with Gasteiger partial charge in [-0.1, -0.05) is 24.3 Å². The predicted molar refractivity (Wildman–Crippen MR) is 189 cm³/mol. The van der Waals surface area contributed by atoms with Crippen LogP contribution in [0, 0.1) is 5.92 Å². The molecule has 1 aromatic rings. The first-order chi connectivity index (χ1) is 21.2. The van der Waals surface area contributed by atoms with Crippen LogP contribution in [-0.4, -0.2) is 85.9 Å². The average Bonchev–Trinajstić information content (AvgIpc) is 3.38. The Balaban J connectivity index is 0.000000224. The molecule has 48 heavy (non-hydrogen) atoms. The van der Waals surface area contributed by atoms with Gasteiger partial charge in [-0.3, -0.25) is 9.59 Å². The zero-order chi connectivity index (χ0) is 37.9. The molecule has 0 aromatic heterocycles. The number of fused-ring (bicyclic) bond motifs is 1. The summed E-state index contributed by atoms with van der Waals surface area (Å²) in [6, 6.07) is 8.23. The van der Waals surface area contributed by atoms with Gasteiger partial charge in [-0.25, -0.2) is 0 Å². The summed E-state index contributed by atoms with van der Waals surface area (Å²) in [7, 11) is 0. The predicted octanol–water partition coefficient (Wildman–Crippen LogP) is 7.94. The SMILES string of the molecule is CC(=O)C1CC(C)(C)N(O)C1(C)C.CC1(C)CC(=O)C(C)(C)N1O.CC1(C)CCC(C)(C)N1O.CC1(C)c2ccccc2C(C)(C)N1O. The second kappa shape index (κ2) is 13.4. The van der Waals surface area contributed by atoms with E-state index < -0.39 is 16.6 Å². The van der Waals surface area contributed by atoms with Crippen LogP contribution < -0.4 is 0 Å². The highest BCUT2D eigenvalue weighted by Gasteiger charge is 2.53. The van der Waals surface area contributed by atoms with E-state index in [0.717, 1.165) is 24.3 Å². The molecule has 0 aliphatic carbocycles. The van der Waals surface area contributed by atoms with E-state index >= 15 is 0 Å². The van der Waals surface area contributed by atoms with E-state index in [1.807, 2.05) is 81.4 Å². The van der Waals surface area contributed by atoms with Gasteiger partial charge in [0.2, 0.25) is 0 Å². The summed E-state index contributed by atoms with van der Waals surface area (Å²) < 4.78 is 0. The van der Waals surface area contributed by atoms with Crippen molar-refractivity contribution in [2.24, 2.45) is 5.92 Å². The fourth-order valence-electron chi connectivity index (χ4n) is 8.08. The highest BCUT2D eigenvalue weighted by atomic mass is 16.5. The van der Waals surface area contributed by atoms with Gasteiger partial charge in [0.05, 0.1) is 22.2 Å². The largest absolute Gasteiger partial charge is 0.313 e. The molecule has 4 heterocycles. The van der Waals surface area contributed by atoms with Crippen molar-refractivity contribution in [1.29, 1.82) is 0 Å². The minimum absolute atomic E-state index is 0.0243. The van der Waals surface area contributed by atoms with Gasteiger partial charge in [0.15, 0.2) is 5.78 Å². The molecule has 276 valence electrons. The lowest BCUT2D eigenvalue weighted by atomic mass is 9.84. The van der Waals surface area contributed by atoms with Crippen molar-refractivity contribution >= 4 is 11.6 Å². The zero-order valence-corrected chi connectivity index (χ0v) is 33.1. The Kier molecular flexibility index (Phi) is 11.9. The van der Waals surface area contributed by atoms with Gasteiger partial charge in [-0.2, -0.15) is 20.3 Å². The normalized spacial score (nSPS) is 28.7. The summed E-state index contributed by atoms with van der Waals surface area (Å²) >= 11 is 0. The molecule has 10 nitrogen and oxygen atoms in total. The van der Waals surface area contributed by atoms with E-state index in [1.54, 1.807) is 20.8 Å². The Morgan fingerprint density at radius 1 is 0.583 bits per heavy atom. The number of carbonyl (C=O) groups excluding carboxylic acids is 2. The minimum atomic E-state index is -0.705. The van der Waals surface area contributed by atoms with Gasteiger partial charge < -0.3 is 20.8 Å². The zero-order valence-electron chi connectivity index (χ0n) is 33.1. The molecule has 3 saturated heterocycles. The molecule has 0 saturated carbocycles. The third-order valence-electron chi connectivity index (χ3n) is 11.3. The van der Waals surface area contributed by atoms with Crippen LogP contribution in [0.2, 0.25) is 0 Å². The van der Waals surface area contributed by atoms with Crippen molar-refractivity contribution in [2.45, 2.75) is 188 Å². The molecule has 4 N–H and O–H groups in total. The van der Waals surface area contributed by atoms with Crippen molar-refractivity contribution in [3.63, 3.8) is 0 Å². The molecule has 4 aliphatic rings. The first-order valence-electron chi connectivity index (χ1n) is 17.3. The van der Waals surface area contributed by atoms with E-state index in [2.05, 4.69) is 39.8 Å². The quantitative estimate of drug-likeness (QED) is 0.233. The van der Waals surface area contributed by atoms with E-state index in [4.69, 9.17) is 0 Å². The van der Waals surface area contributed by atoms with Crippen LogP contribution in [0.5, 0.6) is 0 Å². The second-order valence-corrected chi connectivity index (χ2v) is 18.8. The molecule has 0 bridgehead atoms. The summed E-state index contributed by atoms with van der Waals surface area (Å²) in [6.45, 7) is 33.0. The lowest BCUT2D eigenvalue weighted by Crippen LogP contribution is -2.48. The first kappa shape index (κ1) is 42.4. The van der Waals surface area contributed by atoms with Crippen molar-refractivity contribution in [3.8, 4) is 0 Å². The van der Waals surface area contributed by atoms with Crippen molar-refractivity contribution in [3.05, 3.63) is 35.4 Å². The van der Waals surface area contributed by atoms with Gasteiger partial charge in [-0.15, -0.1) is 0 Å². The lowest BCUT2D eigenvalue weighted by Gasteiger charge is -2.35. The minimum Gasteiger partial charge on any atom is -0.313 e. The highest BCUT2D eigenvalue weighted by molar-refractivity contribution is 5.90. The van der Waals surface area contributed by atoms with Crippen LogP contribution in [0.3, 0.4) is 0 Å². The first-order valence-corrected chi connectivity index (χ1v) is 17.3. The summed E-state index contributed by atoms with van der Waals surface area (Å²) in [6.07, 6.45) is 3.31. The second-order valence-electron chi connectivity index (χ2n) is 18.8. The number of hydrogen-bond acceptors (Lipinski definition) is 10. The highest BCUT2D eigenvalue weighted by Crippen LogP contribution is 2.48. The Morgan fingerprint density at radius 2 is 0.979 bits per heavy atom. The van der Waals surface area contributed by atoms with E-state index in [9.17, 15) is 30.4 Å². The Morgan fingerprint density at radius 3 is 1.17 bits per heavy atom. The van der Waals surface area contributed by atoms with Crippen LogP contribution in [0.4, 0.5) is 0 Å². The smallest absolute Gasteiger partial charge is 0.156 e. The summed E-state index contributed by atoms with van der Waals surface area (Å²) in [4.78, 5) is 22.7. The number of ketones is 2. The number of Topliss-reactive ketones (excluding diaryl/α,β-unsaturated/α-hetero) is 2. The molecule has 1 aromatic carbocycles. The van der Waals surface area contributed by atoms with Gasteiger partial charge in [0, 0.05) is 34.5 Å². The molecule has 3 fully saturated rings. The third-order valence-corrected chi connectivity index (χ3v) is 11.3. The molecule has 10 heteroatoms. The average molecular weight is 677 g/mol. The molecular weight excluding hydrogens is 608 g/mol. The number of hydroxylamine groups is 8. The lowest BCUT2D eigenvalue weighted by molar-refractivity contribution is -0.216. The Hall–Kier alpha value is -1.76. The van der Waals surface area contributed by atoms with Crippen LogP contribution in [0.25, 0.3) is 0 Å². The van der Waals surface area contributed by atoms with Gasteiger partial charge in [0.1, 0.15) is 5.78 Å². The molecule has 0 spiro atoms. The molecule has 1 atom stereocenters. The fourth-order valence-corrected chi connectivity index (χ4v) is 8.08. The number of hydrogen-bond donors (Lipinski definition) is 4. The van der Waals surface area contributed by atoms with E-state index in [-0.39, 0.29) is 45.2 Å². The van der Waals surface area contributed by atoms with Crippen LogP contribution in [0.15, 0.2) is 24.3 Å². The number of rotatable bonds is 1. The van der Waals surface area contributed by atoms with Crippen molar-refractivity contribution < 1.29 is 30.4 Å². The summed E-state index contributed by atoms with van der Waals surface area (Å²) in [5.41, 5.74) is -0.0353. The molecule has 4 aliphatic heterocycles. The van der Waals surface area contributed by atoms with Crippen LogP contribution >= 0.6 is 0 Å². The van der Waals surface area contributed by atoms with E-state index in [0.29, 0.717) is 6.42 Å². The molecular formula is C38H68N4O6. The van der Waals surface area contributed by atoms with Crippen LogP contribution in [0.1, 0.15) is 155 Å². The summed E-state index contributed by atoms with van der Waals surface area (Å²) in [5, 5.41) is 44.6. The van der Waals surface area contributed by atoms with Crippen molar-refractivity contribution in [1.82, 2.24) is 20.3 Å². The number of carbonyl (C=O) groups is 2. The van der Waals surface area contributed by atoms with Crippen LogP contribution in [-0.2, 0) is 20.7 Å². The summed E-state index contributed by atoms with van der Waals surface area (Å²) in [5.74, 6) is 0.201. The topological polar surface area (TPSA) is 128 Å². The third kappa shape index (κ3) is 7.91. The van der Waals surface area contributed by atoms with Gasteiger partial charge >= 0.3 is 0 Å². The Bertz CT molecular complexity index is 1280. The maximum absolute atomic E-state index is 11.4.